The van der Waals surface area contributed by atoms with Crippen molar-refractivity contribution in [2.24, 2.45) is 12.8 Å². The Labute approximate surface area is 103 Å². The Morgan fingerprint density at radius 3 is 2.71 bits per heavy atom. The lowest BCUT2D eigenvalue weighted by Crippen LogP contribution is -2.17. The SMILES string of the molecule is CC.Cn1cnc2c(OC(N)=O)nc(Cl)nc21. The van der Waals surface area contributed by atoms with Gasteiger partial charge in [0.2, 0.25) is 5.28 Å². The van der Waals surface area contributed by atoms with Crippen LogP contribution in [0.3, 0.4) is 0 Å². The van der Waals surface area contributed by atoms with Crippen molar-refractivity contribution < 1.29 is 9.53 Å². The summed E-state index contributed by atoms with van der Waals surface area (Å²) in [5.74, 6) is -0.0434. The van der Waals surface area contributed by atoms with E-state index in [1.807, 2.05) is 13.8 Å². The van der Waals surface area contributed by atoms with Gasteiger partial charge < -0.3 is 15.0 Å². The van der Waals surface area contributed by atoms with Crippen LogP contribution in [0.15, 0.2) is 6.33 Å². The molecule has 2 rings (SSSR count). The highest BCUT2D eigenvalue weighted by Crippen LogP contribution is 2.21. The van der Waals surface area contributed by atoms with E-state index in [1.165, 1.54) is 6.33 Å². The molecule has 2 aromatic rings. The van der Waals surface area contributed by atoms with Crippen LogP contribution in [0.2, 0.25) is 5.28 Å². The van der Waals surface area contributed by atoms with Crippen LogP contribution in [0.1, 0.15) is 13.8 Å². The Balaban J connectivity index is 0.000000686. The van der Waals surface area contributed by atoms with Gasteiger partial charge in [-0.05, 0) is 11.6 Å². The Bertz CT molecular complexity index is 539. The van der Waals surface area contributed by atoms with Crippen molar-refractivity contribution in [3.63, 3.8) is 0 Å². The van der Waals surface area contributed by atoms with E-state index in [-0.39, 0.29) is 11.2 Å². The van der Waals surface area contributed by atoms with E-state index in [4.69, 9.17) is 17.3 Å². The summed E-state index contributed by atoms with van der Waals surface area (Å²) in [7, 11) is 1.73. The summed E-state index contributed by atoms with van der Waals surface area (Å²) in [6.45, 7) is 4.00. The van der Waals surface area contributed by atoms with Gasteiger partial charge >= 0.3 is 6.09 Å². The number of fused-ring (bicyclic) bond motifs is 1. The summed E-state index contributed by atoms with van der Waals surface area (Å²) in [5, 5.41) is -0.0395. The summed E-state index contributed by atoms with van der Waals surface area (Å²) in [4.78, 5) is 22.2. The van der Waals surface area contributed by atoms with Gasteiger partial charge in [0, 0.05) is 7.05 Å². The minimum Gasteiger partial charge on any atom is -0.389 e. The van der Waals surface area contributed by atoms with Crippen molar-refractivity contribution >= 4 is 28.9 Å². The molecular formula is C9H12ClN5O2. The first kappa shape index (κ1) is 13.2. The summed E-state index contributed by atoms with van der Waals surface area (Å²) < 4.78 is 6.27. The fourth-order valence-corrected chi connectivity index (χ4v) is 1.28. The third kappa shape index (κ3) is 2.82. The maximum Gasteiger partial charge on any atom is 0.411 e. The normalized spacial score (nSPS) is 9.65. The minimum atomic E-state index is -0.975. The third-order valence-electron chi connectivity index (χ3n) is 1.70. The second-order valence-electron chi connectivity index (χ2n) is 2.75. The minimum absolute atomic E-state index is 0.0395. The molecule has 2 N–H and O–H groups in total. The molecule has 0 saturated heterocycles. The van der Waals surface area contributed by atoms with Crippen molar-refractivity contribution in [3.8, 4) is 5.88 Å². The van der Waals surface area contributed by atoms with Crippen LogP contribution in [0.4, 0.5) is 4.79 Å². The number of aryl methyl sites for hydroxylation is 1. The maximum absolute atomic E-state index is 10.6. The van der Waals surface area contributed by atoms with Crippen LogP contribution >= 0.6 is 11.6 Å². The largest absolute Gasteiger partial charge is 0.411 e. The number of rotatable bonds is 1. The molecule has 2 aromatic heterocycles. The van der Waals surface area contributed by atoms with E-state index in [1.54, 1.807) is 11.6 Å². The molecule has 0 fully saturated rings. The van der Waals surface area contributed by atoms with Gasteiger partial charge in [0.25, 0.3) is 5.88 Å². The van der Waals surface area contributed by atoms with E-state index >= 15 is 0 Å². The van der Waals surface area contributed by atoms with Gasteiger partial charge in [0.15, 0.2) is 11.2 Å². The Kier molecular flexibility index (Phi) is 4.22. The lowest BCUT2D eigenvalue weighted by molar-refractivity contribution is 0.209. The first-order valence-electron chi connectivity index (χ1n) is 4.90. The van der Waals surface area contributed by atoms with Crippen LogP contribution < -0.4 is 10.5 Å². The average Bonchev–Trinajstić information content (AvgIpc) is 2.63. The number of carbonyl (C=O) groups is 1. The van der Waals surface area contributed by atoms with Gasteiger partial charge in [-0.1, -0.05) is 13.8 Å². The molecule has 0 aliphatic carbocycles. The lowest BCUT2D eigenvalue weighted by atomic mass is 10.5. The topological polar surface area (TPSA) is 95.9 Å². The Hall–Kier alpha value is -1.89. The Morgan fingerprint density at radius 2 is 2.12 bits per heavy atom. The predicted octanol–water partition coefficient (Wildman–Crippen LogP) is 1.50. The van der Waals surface area contributed by atoms with Gasteiger partial charge in [0.1, 0.15) is 0 Å². The lowest BCUT2D eigenvalue weighted by Gasteiger charge is -2.00. The monoisotopic (exact) mass is 257 g/mol. The molecule has 0 saturated carbocycles. The molecule has 8 heteroatoms. The fourth-order valence-electron chi connectivity index (χ4n) is 1.12. The summed E-state index contributed by atoms with van der Waals surface area (Å²) in [6.07, 6.45) is 0.528. The van der Waals surface area contributed by atoms with Crippen LogP contribution in [-0.2, 0) is 7.05 Å². The molecule has 0 radical (unpaired) electrons. The predicted molar refractivity (Wildman–Crippen MR) is 62.9 cm³/mol. The zero-order valence-corrected chi connectivity index (χ0v) is 10.4. The first-order valence-corrected chi connectivity index (χ1v) is 5.27. The number of hydrogen-bond acceptors (Lipinski definition) is 5. The highest BCUT2D eigenvalue weighted by atomic mass is 35.5. The molecule has 1 amide bonds. The fraction of sp³-hybridized carbons (Fsp3) is 0.333. The van der Waals surface area contributed by atoms with Gasteiger partial charge in [-0.25, -0.2) is 9.78 Å². The number of ether oxygens (including phenoxy) is 1. The number of primary amides is 1. The van der Waals surface area contributed by atoms with Crippen molar-refractivity contribution in [2.75, 3.05) is 0 Å². The molecule has 0 aliphatic heterocycles. The van der Waals surface area contributed by atoms with Crippen LogP contribution in [0.25, 0.3) is 11.2 Å². The average molecular weight is 258 g/mol. The van der Waals surface area contributed by atoms with E-state index in [0.717, 1.165) is 0 Å². The molecule has 7 nitrogen and oxygen atoms in total. The van der Waals surface area contributed by atoms with E-state index in [0.29, 0.717) is 11.2 Å². The van der Waals surface area contributed by atoms with Gasteiger partial charge in [0.05, 0.1) is 6.33 Å². The molecule has 0 unspecified atom stereocenters. The number of hydrogen-bond donors (Lipinski definition) is 1. The zero-order valence-electron chi connectivity index (χ0n) is 9.64. The van der Waals surface area contributed by atoms with Crippen molar-refractivity contribution in [1.29, 1.82) is 0 Å². The third-order valence-corrected chi connectivity index (χ3v) is 1.87. The number of imidazole rings is 1. The zero-order chi connectivity index (χ0) is 13.0. The molecule has 0 atom stereocenters. The highest BCUT2D eigenvalue weighted by molar-refractivity contribution is 6.28. The number of halogens is 1. The van der Waals surface area contributed by atoms with E-state index < -0.39 is 6.09 Å². The molecule has 0 aliphatic rings. The molecule has 92 valence electrons. The molecule has 0 spiro atoms. The molecule has 2 heterocycles. The summed E-state index contributed by atoms with van der Waals surface area (Å²) in [6, 6.07) is 0. The summed E-state index contributed by atoms with van der Waals surface area (Å²) >= 11 is 5.64. The molecule has 0 bridgehead atoms. The van der Waals surface area contributed by atoms with Crippen LogP contribution in [0.5, 0.6) is 5.88 Å². The number of aromatic nitrogens is 4. The number of nitrogens with two attached hydrogens (primary N) is 1. The van der Waals surface area contributed by atoms with Crippen molar-refractivity contribution in [1.82, 2.24) is 19.5 Å². The smallest absolute Gasteiger partial charge is 0.389 e. The van der Waals surface area contributed by atoms with Crippen molar-refractivity contribution in [2.45, 2.75) is 13.8 Å². The second-order valence-corrected chi connectivity index (χ2v) is 3.08. The van der Waals surface area contributed by atoms with Gasteiger partial charge in [-0.2, -0.15) is 9.97 Å². The number of amides is 1. The second kappa shape index (κ2) is 5.44. The number of carbonyl (C=O) groups excluding carboxylic acids is 1. The molecular weight excluding hydrogens is 246 g/mol. The molecule has 0 aromatic carbocycles. The molecule has 17 heavy (non-hydrogen) atoms. The van der Waals surface area contributed by atoms with Crippen molar-refractivity contribution in [3.05, 3.63) is 11.6 Å². The Morgan fingerprint density at radius 1 is 1.47 bits per heavy atom. The summed E-state index contributed by atoms with van der Waals surface area (Å²) in [5.41, 5.74) is 5.67. The van der Waals surface area contributed by atoms with Crippen LogP contribution in [0, 0.1) is 0 Å². The first-order chi connectivity index (χ1) is 8.08. The van der Waals surface area contributed by atoms with Gasteiger partial charge in [-0.3, -0.25) is 0 Å². The number of nitrogens with zero attached hydrogens (tertiary/aromatic N) is 4. The van der Waals surface area contributed by atoms with E-state index in [9.17, 15) is 4.79 Å². The van der Waals surface area contributed by atoms with Crippen LogP contribution in [-0.4, -0.2) is 25.6 Å². The maximum atomic E-state index is 10.6. The standard InChI is InChI=1S/C7H6ClN5O2.C2H6/c1-13-2-10-3-4(13)11-6(8)12-5(3)15-7(9)14;1-2/h2H,1H3,(H2,9,14);1-2H3. The highest BCUT2D eigenvalue weighted by Gasteiger charge is 2.13. The van der Waals surface area contributed by atoms with E-state index in [2.05, 4.69) is 19.7 Å². The van der Waals surface area contributed by atoms with Gasteiger partial charge in [-0.15, -0.1) is 0 Å². The quantitative estimate of drug-likeness (QED) is 0.781.